The zero-order chi connectivity index (χ0) is 15.7. The van der Waals surface area contributed by atoms with Crippen molar-refractivity contribution in [2.75, 3.05) is 25.0 Å². The average molecular weight is 302 g/mol. The summed E-state index contributed by atoms with van der Waals surface area (Å²) in [4.78, 5) is 13.9. The van der Waals surface area contributed by atoms with E-state index in [9.17, 15) is 4.79 Å². The highest BCUT2D eigenvalue weighted by Crippen LogP contribution is 2.32. The molecule has 4 nitrogen and oxygen atoms in total. The van der Waals surface area contributed by atoms with Crippen molar-refractivity contribution >= 4 is 11.8 Å². The summed E-state index contributed by atoms with van der Waals surface area (Å²) in [5.74, 6) is 0.548. The van der Waals surface area contributed by atoms with Gasteiger partial charge in [0.05, 0.1) is 0 Å². The standard InChI is InChI=1S/C18H26N2O2/c1-18(2,3)22-17(21)20-10-7-13(8-11-20)15-5-4-14-6-9-19-16(14)12-15/h4-5,12-13,19H,6-11H2,1-3H3. The molecule has 0 bridgehead atoms. The Bertz CT molecular complexity index is 555. The van der Waals surface area contributed by atoms with Crippen LogP contribution in [0.2, 0.25) is 0 Å². The maximum Gasteiger partial charge on any atom is 0.410 e. The minimum Gasteiger partial charge on any atom is -0.444 e. The van der Waals surface area contributed by atoms with Crippen LogP contribution in [0, 0.1) is 0 Å². The maximum atomic E-state index is 12.1. The minimum absolute atomic E-state index is 0.179. The van der Waals surface area contributed by atoms with Crippen molar-refractivity contribution in [3.05, 3.63) is 29.3 Å². The molecule has 0 saturated carbocycles. The molecule has 2 aliphatic heterocycles. The predicted molar refractivity (Wildman–Crippen MR) is 88.4 cm³/mol. The van der Waals surface area contributed by atoms with Gasteiger partial charge in [0.1, 0.15) is 5.60 Å². The van der Waals surface area contributed by atoms with Crippen molar-refractivity contribution in [1.29, 1.82) is 0 Å². The molecule has 120 valence electrons. The number of fused-ring (bicyclic) bond motifs is 1. The van der Waals surface area contributed by atoms with Crippen molar-refractivity contribution < 1.29 is 9.53 Å². The van der Waals surface area contributed by atoms with Gasteiger partial charge in [0, 0.05) is 25.3 Å². The highest BCUT2D eigenvalue weighted by molar-refractivity contribution is 5.68. The number of amides is 1. The van der Waals surface area contributed by atoms with Crippen molar-refractivity contribution in [3.8, 4) is 0 Å². The molecule has 4 heteroatoms. The Kier molecular flexibility index (Phi) is 4.02. The second-order valence-electron chi connectivity index (χ2n) is 7.34. The van der Waals surface area contributed by atoms with E-state index < -0.39 is 5.60 Å². The molecule has 0 unspecified atom stereocenters. The van der Waals surface area contributed by atoms with Gasteiger partial charge in [-0.2, -0.15) is 0 Å². The monoisotopic (exact) mass is 302 g/mol. The van der Waals surface area contributed by atoms with Crippen LogP contribution in [0.25, 0.3) is 0 Å². The first-order valence-electron chi connectivity index (χ1n) is 8.27. The van der Waals surface area contributed by atoms with Crippen LogP contribution >= 0.6 is 0 Å². The van der Waals surface area contributed by atoms with E-state index in [1.54, 1.807) is 0 Å². The molecule has 1 fully saturated rings. The van der Waals surface area contributed by atoms with Crippen molar-refractivity contribution in [2.24, 2.45) is 0 Å². The lowest BCUT2D eigenvalue weighted by atomic mass is 9.88. The van der Waals surface area contributed by atoms with Gasteiger partial charge in [0.15, 0.2) is 0 Å². The van der Waals surface area contributed by atoms with Crippen molar-refractivity contribution in [2.45, 2.75) is 51.6 Å². The number of hydrogen-bond donors (Lipinski definition) is 1. The molecule has 0 aromatic heterocycles. The van der Waals surface area contributed by atoms with Crippen LogP contribution in [0.4, 0.5) is 10.5 Å². The Balaban J connectivity index is 1.59. The lowest BCUT2D eigenvalue weighted by molar-refractivity contribution is 0.0205. The fourth-order valence-electron chi connectivity index (χ4n) is 3.28. The molecule has 1 N–H and O–H groups in total. The average Bonchev–Trinajstić information content (AvgIpc) is 2.93. The summed E-state index contributed by atoms with van der Waals surface area (Å²) in [5, 5.41) is 3.45. The van der Waals surface area contributed by atoms with E-state index in [2.05, 4.69) is 23.5 Å². The number of anilines is 1. The van der Waals surface area contributed by atoms with Gasteiger partial charge in [0.2, 0.25) is 0 Å². The number of hydrogen-bond acceptors (Lipinski definition) is 3. The fourth-order valence-corrected chi connectivity index (χ4v) is 3.28. The molecule has 3 rings (SSSR count). The van der Waals surface area contributed by atoms with E-state index in [0.29, 0.717) is 5.92 Å². The molecule has 1 amide bonds. The van der Waals surface area contributed by atoms with Crippen LogP contribution in [-0.4, -0.2) is 36.2 Å². The topological polar surface area (TPSA) is 41.6 Å². The Labute approximate surface area is 132 Å². The van der Waals surface area contributed by atoms with Crippen molar-refractivity contribution in [1.82, 2.24) is 4.90 Å². The molecule has 0 atom stereocenters. The van der Waals surface area contributed by atoms with Crippen LogP contribution in [0.15, 0.2) is 18.2 Å². The van der Waals surface area contributed by atoms with Crippen LogP contribution in [0.1, 0.15) is 50.7 Å². The Morgan fingerprint density at radius 3 is 2.68 bits per heavy atom. The molecule has 0 radical (unpaired) electrons. The first-order chi connectivity index (χ1) is 10.4. The normalized spacial score (nSPS) is 18.8. The zero-order valence-corrected chi connectivity index (χ0v) is 13.8. The highest BCUT2D eigenvalue weighted by Gasteiger charge is 2.27. The Hall–Kier alpha value is -1.71. The summed E-state index contributed by atoms with van der Waals surface area (Å²) in [6, 6.07) is 6.82. The number of likely N-dealkylation sites (tertiary alicyclic amines) is 1. The molecule has 22 heavy (non-hydrogen) atoms. The van der Waals surface area contributed by atoms with Gasteiger partial charge in [-0.1, -0.05) is 12.1 Å². The van der Waals surface area contributed by atoms with E-state index in [0.717, 1.165) is 38.9 Å². The third kappa shape index (κ3) is 3.37. The summed E-state index contributed by atoms with van der Waals surface area (Å²) in [6.07, 6.45) is 2.98. The van der Waals surface area contributed by atoms with Crippen LogP contribution < -0.4 is 5.32 Å². The summed E-state index contributed by atoms with van der Waals surface area (Å²) in [5.41, 5.74) is 3.71. The molecule has 2 aliphatic rings. The summed E-state index contributed by atoms with van der Waals surface area (Å²) in [7, 11) is 0. The number of nitrogens with zero attached hydrogens (tertiary/aromatic N) is 1. The Morgan fingerprint density at radius 2 is 2.00 bits per heavy atom. The second kappa shape index (κ2) is 5.82. The largest absolute Gasteiger partial charge is 0.444 e. The van der Waals surface area contributed by atoms with E-state index in [1.165, 1.54) is 16.8 Å². The molecular weight excluding hydrogens is 276 g/mol. The number of benzene rings is 1. The van der Waals surface area contributed by atoms with Gasteiger partial charge in [-0.15, -0.1) is 0 Å². The molecule has 1 saturated heterocycles. The van der Waals surface area contributed by atoms with Gasteiger partial charge < -0.3 is 15.0 Å². The third-order valence-corrected chi connectivity index (χ3v) is 4.46. The van der Waals surface area contributed by atoms with Gasteiger partial charge in [-0.3, -0.25) is 0 Å². The number of carbonyl (C=O) groups is 1. The molecule has 1 aromatic rings. The molecular formula is C18H26N2O2. The third-order valence-electron chi connectivity index (χ3n) is 4.46. The van der Waals surface area contributed by atoms with Crippen LogP contribution in [-0.2, 0) is 11.2 Å². The summed E-state index contributed by atoms with van der Waals surface area (Å²) < 4.78 is 5.46. The van der Waals surface area contributed by atoms with Crippen LogP contribution in [0.3, 0.4) is 0 Å². The lowest BCUT2D eigenvalue weighted by Gasteiger charge is -2.33. The van der Waals surface area contributed by atoms with Gasteiger partial charge in [-0.05, 0) is 63.1 Å². The van der Waals surface area contributed by atoms with Crippen LogP contribution in [0.5, 0.6) is 0 Å². The highest BCUT2D eigenvalue weighted by atomic mass is 16.6. The number of carbonyl (C=O) groups excluding carboxylic acids is 1. The smallest absolute Gasteiger partial charge is 0.410 e. The number of nitrogens with one attached hydrogen (secondary N) is 1. The first kappa shape index (κ1) is 15.2. The van der Waals surface area contributed by atoms with Gasteiger partial charge in [-0.25, -0.2) is 4.79 Å². The van der Waals surface area contributed by atoms with E-state index in [1.807, 2.05) is 25.7 Å². The quantitative estimate of drug-likeness (QED) is 0.858. The SMILES string of the molecule is CC(C)(C)OC(=O)N1CCC(c2ccc3c(c2)NCC3)CC1. The zero-order valence-electron chi connectivity index (χ0n) is 13.8. The summed E-state index contributed by atoms with van der Waals surface area (Å²) in [6.45, 7) is 8.35. The number of ether oxygens (including phenoxy) is 1. The second-order valence-corrected chi connectivity index (χ2v) is 7.34. The molecule has 0 aliphatic carbocycles. The molecule has 0 spiro atoms. The summed E-state index contributed by atoms with van der Waals surface area (Å²) >= 11 is 0. The number of piperidine rings is 1. The number of rotatable bonds is 1. The molecule has 2 heterocycles. The van der Waals surface area contributed by atoms with E-state index in [-0.39, 0.29) is 6.09 Å². The van der Waals surface area contributed by atoms with Gasteiger partial charge in [0.25, 0.3) is 0 Å². The first-order valence-corrected chi connectivity index (χ1v) is 8.27. The van der Waals surface area contributed by atoms with E-state index >= 15 is 0 Å². The maximum absolute atomic E-state index is 12.1. The fraction of sp³-hybridized carbons (Fsp3) is 0.611. The van der Waals surface area contributed by atoms with E-state index in [4.69, 9.17) is 4.74 Å². The molecule has 1 aromatic carbocycles. The minimum atomic E-state index is -0.417. The predicted octanol–water partition coefficient (Wildman–Crippen LogP) is 3.77. The lowest BCUT2D eigenvalue weighted by Crippen LogP contribution is -2.41. The van der Waals surface area contributed by atoms with Crippen molar-refractivity contribution in [3.63, 3.8) is 0 Å². The van der Waals surface area contributed by atoms with Gasteiger partial charge >= 0.3 is 6.09 Å². The Morgan fingerprint density at radius 1 is 1.27 bits per heavy atom.